The van der Waals surface area contributed by atoms with Gasteiger partial charge in [-0.15, -0.1) is 0 Å². The Labute approximate surface area is 130 Å². The first-order valence-corrected chi connectivity index (χ1v) is 8.14. The van der Waals surface area contributed by atoms with E-state index in [1.807, 2.05) is 0 Å². The van der Waals surface area contributed by atoms with Crippen LogP contribution in [-0.2, 0) is 4.74 Å². The van der Waals surface area contributed by atoms with E-state index in [1.165, 1.54) is 16.7 Å². The van der Waals surface area contributed by atoms with Crippen molar-refractivity contribution in [2.24, 2.45) is 0 Å². The maximum atomic E-state index is 5.22. The van der Waals surface area contributed by atoms with Crippen LogP contribution in [0.3, 0.4) is 0 Å². The Balaban J connectivity index is 2.85. The lowest BCUT2D eigenvalue weighted by molar-refractivity contribution is 0.144. The largest absolute Gasteiger partial charge is 0.383 e. The van der Waals surface area contributed by atoms with Gasteiger partial charge in [-0.25, -0.2) is 0 Å². The molecule has 1 aromatic rings. The summed E-state index contributed by atoms with van der Waals surface area (Å²) in [5, 5.41) is 3.71. The van der Waals surface area contributed by atoms with Crippen molar-refractivity contribution in [2.45, 2.75) is 40.2 Å². The highest BCUT2D eigenvalue weighted by atomic mass is 16.5. The molecule has 0 spiro atoms. The summed E-state index contributed by atoms with van der Waals surface area (Å²) in [7, 11) is 1.77. The lowest BCUT2D eigenvalue weighted by atomic mass is 9.98. The van der Waals surface area contributed by atoms with Crippen LogP contribution in [0.4, 0.5) is 0 Å². The number of rotatable bonds is 10. The summed E-state index contributed by atoms with van der Waals surface area (Å²) < 4.78 is 5.22. The Morgan fingerprint density at radius 1 is 1.24 bits per heavy atom. The topological polar surface area (TPSA) is 24.5 Å². The second kappa shape index (κ2) is 9.93. The van der Waals surface area contributed by atoms with E-state index in [0.29, 0.717) is 6.04 Å². The van der Waals surface area contributed by atoms with Gasteiger partial charge in [-0.2, -0.15) is 0 Å². The zero-order valence-corrected chi connectivity index (χ0v) is 14.4. The van der Waals surface area contributed by atoms with Crippen LogP contribution in [0.25, 0.3) is 0 Å². The predicted octanol–water partition coefficient (Wildman–Crippen LogP) is 3.31. The number of methoxy groups -OCH3 is 1. The summed E-state index contributed by atoms with van der Waals surface area (Å²) in [6.07, 6.45) is 1.16. The summed E-state index contributed by atoms with van der Waals surface area (Å²) >= 11 is 0. The minimum atomic E-state index is 0.390. The van der Waals surface area contributed by atoms with Gasteiger partial charge in [0, 0.05) is 26.2 Å². The fourth-order valence-electron chi connectivity index (χ4n) is 2.58. The van der Waals surface area contributed by atoms with Crippen molar-refractivity contribution in [3.63, 3.8) is 0 Å². The molecule has 1 atom stereocenters. The molecule has 0 aliphatic carbocycles. The van der Waals surface area contributed by atoms with E-state index in [0.717, 1.165) is 39.2 Å². The highest BCUT2D eigenvalue weighted by Crippen LogP contribution is 2.20. The van der Waals surface area contributed by atoms with Crippen molar-refractivity contribution in [2.75, 3.05) is 39.9 Å². The predicted molar refractivity (Wildman–Crippen MR) is 90.9 cm³/mol. The summed E-state index contributed by atoms with van der Waals surface area (Å²) in [5.41, 5.74) is 4.13. The number of likely N-dealkylation sites (N-methyl/N-ethyl adjacent to an activating group) is 1. The molecule has 1 rings (SSSR count). The third-order valence-electron chi connectivity index (χ3n) is 3.95. The molecule has 1 unspecified atom stereocenters. The van der Waals surface area contributed by atoms with E-state index >= 15 is 0 Å². The molecule has 0 radical (unpaired) electrons. The standard InChI is InChI=1S/C18H32N2O/c1-6-10-19-18(14-20(7-2)11-12-21-5)17-13-15(3)8-9-16(17)4/h8-9,13,18-19H,6-7,10-12,14H2,1-5H3. The van der Waals surface area contributed by atoms with Gasteiger partial charge >= 0.3 is 0 Å². The first kappa shape index (κ1) is 18.1. The van der Waals surface area contributed by atoms with Crippen molar-refractivity contribution in [1.82, 2.24) is 10.2 Å². The quantitative estimate of drug-likeness (QED) is 0.716. The monoisotopic (exact) mass is 292 g/mol. The molecule has 0 aliphatic rings. The van der Waals surface area contributed by atoms with Crippen LogP contribution in [0, 0.1) is 13.8 Å². The maximum Gasteiger partial charge on any atom is 0.0589 e. The first-order valence-electron chi connectivity index (χ1n) is 8.14. The summed E-state index contributed by atoms with van der Waals surface area (Å²) in [5.74, 6) is 0. The Hall–Kier alpha value is -0.900. The molecule has 0 aliphatic heterocycles. The van der Waals surface area contributed by atoms with E-state index in [1.54, 1.807) is 7.11 Å². The number of ether oxygens (including phenoxy) is 1. The first-order chi connectivity index (χ1) is 10.1. The van der Waals surface area contributed by atoms with E-state index in [2.05, 4.69) is 56.1 Å². The highest BCUT2D eigenvalue weighted by molar-refractivity contribution is 5.33. The third-order valence-corrected chi connectivity index (χ3v) is 3.95. The lowest BCUT2D eigenvalue weighted by Gasteiger charge is -2.28. The van der Waals surface area contributed by atoms with E-state index in [4.69, 9.17) is 4.74 Å². The van der Waals surface area contributed by atoms with E-state index in [9.17, 15) is 0 Å². The minimum Gasteiger partial charge on any atom is -0.383 e. The number of nitrogens with one attached hydrogen (secondary N) is 1. The SMILES string of the molecule is CCCNC(CN(CC)CCOC)c1cc(C)ccc1C. The molecule has 0 saturated heterocycles. The van der Waals surface area contributed by atoms with Crippen molar-refractivity contribution in [1.29, 1.82) is 0 Å². The van der Waals surface area contributed by atoms with Crippen LogP contribution in [-0.4, -0.2) is 44.8 Å². The van der Waals surface area contributed by atoms with Gasteiger partial charge in [-0.3, -0.25) is 4.90 Å². The van der Waals surface area contributed by atoms with Gasteiger partial charge in [0.2, 0.25) is 0 Å². The number of hydrogen-bond acceptors (Lipinski definition) is 3. The fourth-order valence-corrected chi connectivity index (χ4v) is 2.58. The Morgan fingerprint density at radius 3 is 2.62 bits per heavy atom. The van der Waals surface area contributed by atoms with Gasteiger partial charge in [0.25, 0.3) is 0 Å². The summed E-state index contributed by atoms with van der Waals surface area (Å²) in [4.78, 5) is 2.46. The normalized spacial score (nSPS) is 12.9. The molecule has 0 amide bonds. The van der Waals surface area contributed by atoms with Crippen molar-refractivity contribution < 1.29 is 4.74 Å². The van der Waals surface area contributed by atoms with Crippen LogP contribution >= 0.6 is 0 Å². The van der Waals surface area contributed by atoms with Crippen molar-refractivity contribution >= 4 is 0 Å². The fraction of sp³-hybridized carbons (Fsp3) is 0.667. The zero-order valence-electron chi connectivity index (χ0n) is 14.4. The Kier molecular flexibility index (Phi) is 8.58. The zero-order chi connectivity index (χ0) is 15.7. The molecule has 1 N–H and O–H groups in total. The Morgan fingerprint density at radius 2 is 2.00 bits per heavy atom. The molecule has 0 bridgehead atoms. The molecule has 3 nitrogen and oxygen atoms in total. The maximum absolute atomic E-state index is 5.22. The molecule has 1 aromatic carbocycles. The number of aryl methyl sites for hydroxylation is 2. The second-order valence-corrected chi connectivity index (χ2v) is 5.75. The molecule has 0 aromatic heterocycles. The van der Waals surface area contributed by atoms with Crippen LogP contribution in [0.5, 0.6) is 0 Å². The summed E-state index contributed by atoms with van der Waals surface area (Å²) in [6, 6.07) is 7.14. The van der Waals surface area contributed by atoms with Gasteiger partial charge in [-0.05, 0) is 44.5 Å². The Bertz CT molecular complexity index is 406. The third kappa shape index (κ3) is 6.16. The van der Waals surface area contributed by atoms with Crippen LogP contribution < -0.4 is 5.32 Å². The molecule has 0 fully saturated rings. The molecule has 0 heterocycles. The van der Waals surface area contributed by atoms with Crippen molar-refractivity contribution in [3.8, 4) is 0 Å². The van der Waals surface area contributed by atoms with Crippen LogP contribution in [0.2, 0.25) is 0 Å². The van der Waals surface area contributed by atoms with E-state index < -0.39 is 0 Å². The molecule has 21 heavy (non-hydrogen) atoms. The van der Waals surface area contributed by atoms with Gasteiger partial charge in [0.15, 0.2) is 0 Å². The minimum absolute atomic E-state index is 0.390. The average molecular weight is 292 g/mol. The number of hydrogen-bond donors (Lipinski definition) is 1. The van der Waals surface area contributed by atoms with E-state index in [-0.39, 0.29) is 0 Å². The molecule has 0 saturated carbocycles. The van der Waals surface area contributed by atoms with Gasteiger partial charge < -0.3 is 10.1 Å². The molecular weight excluding hydrogens is 260 g/mol. The smallest absolute Gasteiger partial charge is 0.0589 e. The average Bonchev–Trinajstić information content (AvgIpc) is 2.49. The molecule has 3 heteroatoms. The highest BCUT2D eigenvalue weighted by Gasteiger charge is 2.16. The van der Waals surface area contributed by atoms with Crippen molar-refractivity contribution in [3.05, 3.63) is 34.9 Å². The summed E-state index contributed by atoms with van der Waals surface area (Å²) in [6.45, 7) is 13.7. The second-order valence-electron chi connectivity index (χ2n) is 5.75. The molecular formula is C18H32N2O. The van der Waals surface area contributed by atoms with Gasteiger partial charge in [-0.1, -0.05) is 37.6 Å². The number of benzene rings is 1. The number of nitrogens with zero attached hydrogens (tertiary/aromatic N) is 1. The lowest BCUT2D eigenvalue weighted by Crippen LogP contribution is -2.37. The van der Waals surface area contributed by atoms with Crippen LogP contribution in [0.15, 0.2) is 18.2 Å². The van der Waals surface area contributed by atoms with Gasteiger partial charge in [0.05, 0.1) is 6.61 Å². The molecule has 120 valence electrons. The van der Waals surface area contributed by atoms with Crippen LogP contribution in [0.1, 0.15) is 43.0 Å². The van der Waals surface area contributed by atoms with Gasteiger partial charge in [0.1, 0.15) is 0 Å².